The van der Waals surface area contributed by atoms with Gasteiger partial charge >= 0.3 is 0 Å². The quantitative estimate of drug-likeness (QED) is 0.607. The molecule has 1 rings (SSSR count). The Hall–Kier alpha value is -0.980. The number of likely N-dealkylation sites (N-methyl/N-ethyl adjacent to an activating group) is 1. The molecule has 1 aliphatic rings. The zero-order valence-electron chi connectivity index (χ0n) is 14.6. The highest BCUT2D eigenvalue weighted by atomic mass is 15.2. The first-order valence-corrected chi connectivity index (χ1v) is 7.82. The molecular weight excluding hydrogens is 242 g/mol. The van der Waals surface area contributed by atoms with Crippen LogP contribution in [0.25, 0.3) is 0 Å². The van der Waals surface area contributed by atoms with Gasteiger partial charge in [-0.2, -0.15) is 0 Å². The first kappa shape index (κ1) is 17.1. The van der Waals surface area contributed by atoms with Crippen LogP contribution < -0.4 is 0 Å². The second-order valence-corrected chi connectivity index (χ2v) is 8.11. The Labute approximate surface area is 126 Å². The van der Waals surface area contributed by atoms with Crippen LogP contribution in [0.3, 0.4) is 0 Å². The van der Waals surface area contributed by atoms with Crippen molar-refractivity contribution in [3.63, 3.8) is 0 Å². The zero-order chi connectivity index (χ0) is 15.6. The molecule has 0 fully saturated rings. The van der Waals surface area contributed by atoms with Gasteiger partial charge < -0.3 is 4.90 Å². The number of hydrogen-bond acceptors (Lipinski definition) is 1. The smallest absolute Gasteiger partial charge is 0.0324 e. The largest absolute Gasteiger partial charge is 0.370 e. The molecule has 0 saturated carbocycles. The Morgan fingerprint density at radius 3 is 2.25 bits per heavy atom. The van der Waals surface area contributed by atoms with Crippen molar-refractivity contribution in [2.24, 2.45) is 11.3 Å². The van der Waals surface area contributed by atoms with E-state index in [1.165, 1.54) is 17.7 Å². The van der Waals surface area contributed by atoms with Crippen LogP contribution in [0.2, 0.25) is 0 Å². The van der Waals surface area contributed by atoms with Gasteiger partial charge in [0.15, 0.2) is 0 Å². The van der Waals surface area contributed by atoms with Crippen molar-refractivity contribution in [2.75, 3.05) is 7.05 Å². The fraction of sp³-hybridized carbons (Fsp3) is 0.684. The molecule has 0 aromatic heterocycles. The molecule has 0 aromatic carbocycles. The maximum absolute atomic E-state index is 4.24. The van der Waals surface area contributed by atoms with Crippen LogP contribution in [0, 0.1) is 11.3 Å². The molecular formula is C19H33N. The Morgan fingerprint density at radius 1 is 1.25 bits per heavy atom. The monoisotopic (exact) mass is 275 g/mol. The van der Waals surface area contributed by atoms with Crippen molar-refractivity contribution < 1.29 is 0 Å². The fourth-order valence-electron chi connectivity index (χ4n) is 2.24. The standard InChI is InChI=1S/C19H33N/c1-15(18(2,3)4)9-10-16-11-13-17(14-12-16)20(8)19(5,6)7/h11,13-14,16H,1,9-10,12H2,2-8H3. The van der Waals surface area contributed by atoms with Gasteiger partial charge in [0, 0.05) is 18.3 Å². The zero-order valence-corrected chi connectivity index (χ0v) is 14.6. The molecule has 0 N–H and O–H groups in total. The summed E-state index contributed by atoms with van der Waals surface area (Å²) >= 11 is 0. The molecule has 0 aromatic rings. The molecule has 0 radical (unpaired) electrons. The van der Waals surface area contributed by atoms with Crippen LogP contribution in [0.15, 0.2) is 36.1 Å². The molecule has 0 amide bonds. The molecule has 0 spiro atoms. The molecule has 1 aliphatic carbocycles. The number of allylic oxidation sites excluding steroid dienone is 4. The predicted octanol–water partition coefficient (Wildman–Crippen LogP) is 5.56. The molecule has 0 saturated heterocycles. The van der Waals surface area contributed by atoms with E-state index < -0.39 is 0 Å². The summed E-state index contributed by atoms with van der Waals surface area (Å²) < 4.78 is 0. The molecule has 1 atom stereocenters. The van der Waals surface area contributed by atoms with Gasteiger partial charge in [-0.1, -0.05) is 45.1 Å². The van der Waals surface area contributed by atoms with Crippen LogP contribution in [-0.4, -0.2) is 17.5 Å². The molecule has 1 heteroatoms. The summed E-state index contributed by atoms with van der Waals surface area (Å²) in [6.45, 7) is 17.7. The Balaban J connectivity index is 2.49. The summed E-state index contributed by atoms with van der Waals surface area (Å²) in [6.07, 6.45) is 10.6. The Bertz CT molecular complexity index is 398. The highest BCUT2D eigenvalue weighted by Gasteiger charge is 2.21. The van der Waals surface area contributed by atoms with E-state index in [9.17, 15) is 0 Å². The van der Waals surface area contributed by atoms with Crippen LogP contribution in [0.4, 0.5) is 0 Å². The molecule has 0 bridgehead atoms. The lowest BCUT2D eigenvalue weighted by Crippen LogP contribution is -2.37. The number of hydrogen-bond donors (Lipinski definition) is 0. The summed E-state index contributed by atoms with van der Waals surface area (Å²) in [6, 6.07) is 0. The lowest BCUT2D eigenvalue weighted by molar-refractivity contribution is 0.232. The average Bonchev–Trinajstić information content (AvgIpc) is 2.33. The minimum absolute atomic E-state index is 0.184. The van der Waals surface area contributed by atoms with Gasteiger partial charge in [-0.15, -0.1) is 0 Å². The summed E-state index contributed by atoms with van der Waals surface area (Å²) in [5, 5.41) is 0. The normalized spacial score (nSPS) is 19.8. The van der Waals surface area contributed by atoms with Gasteiger partial charge in [0.25, 0.3) is 0 Å². The number of nitrogens with zero attached hydrogens (tertiary/aromatic N) is 1. The maximum atomic E-state index is 4.24. The summed E-state index contributed by atoms with van der Waals surface area (Å²) in [7, 11) is 2.18. The lowest BCUT2D eigenvalue weighted by Gasteiger charge is -2.36. The van der Waals surface area contributed by atoms with E-state index in [0.717, 1.165) is 12.8 Å². The first-order valence-electron chi connectivity index (χ1n) is 7.82. The highest BCUT2D eigenvalue weighted by molar-refractivity contribution is 5.24. The lowest BCUT2D eigenvalue weighted by atomic mass is 9.82. The van der Waals surface area contributed by atoms with E-state index in [4.69, 9.17) is 0 Å². The van der Waals surface area contributed by atoms with Crippen molar-refractivity contribution in [1.82, 2.24) is 4.90 Å². The molecule has 0 heterocycles. The van der Waals surface area contributed by atoms with E-state index in [1.807, 2.05) is 0 Å². The third-order valence-electron chi connectivity index (χ3n) is 4.44. The molecule has 114 valence electrons. The second kappa shape index (κ2) is 6.20. The third-order valence-corrected chi connectivity index (χ3v) is 4.44. The Kier molecular flexibility index (Phi) is 5.29. The number of rotatable bonds is 4. The van der Waals surface area contributed by atoms with Crippen molar-refractivity contribution in [3.8, 4) is 0 Å². The van der Waals surface area contributed by atoms with E-state index >= 15 is 0 Å². The average molecular weight is 275 g/mol. The highest BCUT2D eigenvalue weighted by Crippen LogP contribution is 2.31. The molecule has 1 nitrogen and oxygen atoms in total. The van der Waals surface area contributed by atoms with E-state index in [0.29, 0.717) is 5.92 Å². The van der Waals surface area contributed by atoms with Crippen LogP contribution >= 0.6 is 0 Å². The SMILES string of the molecule is C=C(CCC1C=CC(N(C)C(C)(C)C)=CC1)C(C)(C)C. The minimum Gasteiger partial charge on any atom is -0.370 e. The van der Waals surface area contributed by atoms with Crippen LogP contribution in [0.1, 0.15) is 60.8 Å². The van der Waals surface area contributed by atoms with Crippen LogP contribution in [-0.2, 0) is 0 Å². The van der Waals surface area contributed by atoms with Crippen molar-refractivity contribution in [3.05, 3.63) is 36.1 Å². The van der Waals surface area contributed by atoms with E-state index in [-0.39, 0.29) is 11.0 Å². The Morgan fingerprint density at radius 2 is 1.85 bits per heavy atom. The van der Waals surface area contributed by atoms with Crippen LogP contribution in [0.5, 0.6) is 0 Å². The van der Waals surface area contributed by atoms with Crippen molar-refractivity contribution in [1.29, 1.82) is 0 Å². The van der Waals surface area contributed by atoms with Gasteiger partial charge in [0.2, 0.25) is 0 Å². The minimum atomic E-state index is 0.184. The van der Waals surface area contributed by atoms with Gasteiger partial charge in [-0.3, -0.25) is 0 Å². The third kappa shape index (κ3) is 4.85. The molecule has 20 heavy (non-hydrogen) atoms. The molecule has 1 unspecified atom stereocenters. The van der Waals surface area contributed by atoms with Crippen molar-refractivity contribution in [2.45, 2.75) is 66.3 Å². The van der Waals surface area contributed by atoms with E-state index in [2.05, 4.69) is 78.3 Å². The first-order chi connectivity index (χ1) is 9.01. The summed E-state index contributed by atoms with van der Waals surface area (Å²) in [4.78, 5) is 2.35. The van der Waals surface area contributed by atoms with Gasteiger partial charge in [0.05, 0.1) is 0 Å². The van der Waals surface area contributed by atoms with Gasteiger partial charge in [-0.05, 0) is 57.4 Å². The maximum Gasteiger partial charge on any atom is 0.0324 e. The predicted molar refractivity (Wildman–Crippen MR) is 90.7 cm³/mol. The second-order valence-electron chi connectivity index (χ2n) is 8.11. The summed E-state index contributed by atoms with van der Waals surface area (Å²) in [5.41, 5.74) is 3.14. The van der Waals surface area contributed by atoms with E-state index in [1.54, 1.807) is 0 Å². The summed E-state index contributed by atoms with van der Waals surface area (Å²) in [5.74, 6) is 0.672. The topological polar surface area (TPSA) is 3.24 Å². The van der Waals surface area contributed by atoms with Crippen molar-refractivity contribution >= 4 is 0 Å². The van der Waals surface area contributed by atoms with Gasteiger partial charge in [0.1, 0.15) is 0 Å². The van der Waals surface area contributed by atoms with Gasteiger partial charge in [-0.25, -0.2) is 0 Å². The molecule has 0 aliphatic heterocycles. The fourth-order valence-corrected chi connectivity index (χ4v) is 2.24.